The van der Waals surface area contributed by atoms with Gasteiger partial charge in [-0.25, -0.2) is 0 Å². The Morgan fingerprint density at radius 1 is 1.03 bits per heavy atom. The molecule has 2 aromatic carbocycles. The minimum absolute atomic E-state index is 0.00130. The normalized spacial score (nSPS) is 11.1. The molecule has 0 bridgehead atoms. The first-order valence-electron chi connectivity index (χ1n) is 9.27. The van der Waals surface area contributed by atoms with E-state index >= 15 is 0 Å². The third kappa shape index (κ3) is 7.07. The molecule has 0 aromatic heterocycles. The second kappa shape index (κ2) is 10.6. The third-order valence-corrected chi connectivity index (χ3v) is 4.02. The van der Waals surface area contributed by atoms with Gasteiger partial charge >= 0.3 is 6.18 Å². The molecule has 0 atom stereocenters. The minimum atomic E-state index is -4.51. The molecule has 0 heterocycles. The smallest absolute Gasteiger partial charge is 0.405 e. The molecule has 162 valence electrons. The topological polar surface area (TPSA) is 76.7 Å². The van der Waals surface area contributed by atoms with Gasteiger partial charge in [-0.05, 0) is 43.7 Å². The fraction of sp³-hybridized carbons (Fsp3) is 0.333. The molecule has 0 aliphatic heterocycles. The first kappa shape index (κ1) is 23.2. The van der Waals surface area contributed by atoms with Crippen LogP contribution in [0.2, 0.25) is 0 Å². The maximum absolute atomic E-state index is 12.7. The molecule has 2 N–H and O–H groups in total. The van der Waals surface area contributed by atoms with E-state index in [1.165, 1.54) is 12.1 Å². The van der Waals surface area contributed by atoms with Crippen molar-refractivity contribution in [2.24, 2.45) is 0 Å². The van der Waals surface area contributed by atoms with Crippen LogP contribution in [0.15, 0.2) is 42.5 Å². The van der Waals surface area contributed by atoms with Gasteiger partial charge in [-0.3, -0.25) is 9.59 Å². The Labute approximate surface area is 172 Å². The van der Waals surface area contributed by atoms with Crippen LogP contribution in [0.5, 0.6) is 5.75 Å². The Morgan fingerprint density at radius 3 is 2.47 bits per heavy atom. The number of nitrogens with one attached hydrogen (secondary N) is 2. The lowest BCUT2D eigenvalue weighted by molar-refractivity contribution is -0.123. The van der Waals surface area contributed by atoms with E-state index in [2.05, 4.69) is 5.32 Å². The Balaban J connectivity index is 2.12. The summed E-state index contributed by atoms with van der Waals surface area (Å²) in [5.74, 6) is -0.994. The second-order valence-electron chi connectivity index (χ2n) is 6.32. The number of carbonyl (C=O) groups is 2. The second-order valence-corrected chi connectivity index (χ2v) is 6.32. The van der Waals surface area contributed by atoms with Crippen LogP contribution >= 0.6 is 0 Å². The van der Waals surface area contributed by atoms with Crippen molar-refractivity contribution < 1.29 is 32.2 Å². The summed E-state index contributed by atoms with van der Waals surface area (Å²) in [5.41, 5.74) is 1.23. The lowest BCUT2D eigenvalue weighted by Crippen LogP contribution is -2.33. The molecule has 9 heteroatoms. The maximum atomic E-state index is 12.7. The summed E-state index contributed by atoms with van der Waals surface area (Å²) in [6.45, 7) is 3.33. The summed E-state index contributed by atoms with van der Waals surface area (Å²) in [6.07, 6.45) is -4.51. The van der Waals surface area contributed by atoms with Gasteiger partial charge in [0.05, 0.1) is 12.2 Å². The standard InChI is InChI=1S/C21H23F3N2O4/c1-3-29-10-11-30-18-7-5-4-6-16(18)20(28)26-17-12-15(9-8-14(17)2)19(27)25-13-21(22,23)24/h4-9,12H,3,10-11,13H2,1-2H3,(H,25,27)(H,26,28). The first-order valence-corrected chi connectivity index (χ1v) is 9.27. The van der Waals surface area contributed by atoms with Crippen LogP contribution < -0.4 is 15.4 Å². The highest BCUT2D eigenvalue weighted by atomic mass is 19.4. The predicted molar refractivity (Wildman–Crippen MR) is 106 cm³/mol. The number of aryl methyl sites for hydroxylation is 1. The maximum Gasteiger partial charge on any atom is 0.405 e. The molecule has 0 aliphatic rings. The van der Waals surface area contributed by atoms with Gasteiger partial charge in [-0.2, -0.15) is 13.2 Å². The van der Waals surface area contributed by atoms with E-state index in [1.807, 2.05) is 6.92 Å². The van der Waals surface area contributed by atoms with E-state index in [4.69, 9.17) is 9.47 Å². The van der Waals surface area contributed by atoms with Crippen LogP contribution in [0.3, 0.4) is 0 Å². The highest BCUT2D eigenvalue weighted by Crippen LogP contribution is 2.22. The van der Waals surface area contributed by atoms with Crippen LogP contribution in [0.25, 0.3) is 0 Å². The van der Waals surface area contributed by atoms with Gasteiger partial charge in [0.15, 0.2) is 0 Å². The molecule has 6 nitrogen and oxygen atoms in total. The lowest BCUT2D eigenvalue weighted by Gasteiger charge is -2.14. The number of halogens is 3. The quantitative estimate of drug-likeness (QED) is 0.598. The van der Waals surface area contributed by atoms with Crippen LogP contribution in [-0.2, 0) is 4.74 Å². The van der Waals surface area contributed by atoms with E-state index in [0.717, 1.165) is 0 Å². The molecular formula is C21H23F3N2O4. The van der Waals surface area contributed by atoms with Crippen LogP contribution in [0.1, 0.15) is 33.2 Å². The average Bonchev–Trinajstić information content (AvgIpc) is 2.70. The average molecular weight is 424 g/mol. The van der Waals surface area contributed by atoms with Gasteiger partial charge in [-0.15, -0.1) is 0 Å². The third-order valence-electron chi connectivity index (χ3n) is 4.02. The fourth-order valence-electron chi connectivity index (χ4n) is 2.51. The number of amides is 2. The highest BCUT2D eigenvalue weighted by molar-refractivity contribution is 6.07. The molecule has 0 saturated carbocycles. The Hall–Kier alpha value is -3.07. The van der Waals surface area contributed by atoms with E-state index in [0.29, 0.717) is 30.2 Å². The van der Waals surface area contributed by atoms with Gasteiger partial charge < -0.3 is 20.1 Å². The molecule has 0 spiro atoms. The van der Waals surface area contributed by atoms with Crippen LogP contribution in [0, 0.1) is 6.92 Å². The van der Waals surface area contributed by atoms with E-state index in [1.54, 1.807) is 42.6 Å². The highest BCUT2D eigenvalue weighted by Gasteiger charge is 2.28. The lowest BCUT2D eigenvalue weighted by atomic mass is 10.1. The van der Waals surface area contributed by atoms with Gasteiger partial charge in [0.2, 0.25) is 0 Å². The number of benzene rings is 2. The number of carbonyl (C=O) groups excluding carboxylic acids is 2. The molecule has 0 aliphatic carbocycles. The molecule has 0 unspecified atom stereocenters. The summed E-state index contributed by atoms with van der Waals surface area (Å²) < 4.78 is 47.7. The van der Waals surface area contributed by atoms with Crippen molar-refractivity contribution in [1.82, 2.24) is 5.32 Å². The molecular weight excluding hydrogens is 401 g/mol. The van der Waals surface area contributed by atoms with Gasteiger partial charge in [0.1, 0.15) is 18.9 Å². The van der Waals surface area contributed by atoms with Crippen molar-refractivity contribution in [1.29, 1.82) is 0 Å². The van der Waals surface area contributed by atoms with Crippen molar-refractivity contribution >= 4 is 17.5 Å². The summed E-state index contributed by atoms with van der Waals surface area (Å²) in [6, 6.07) is 10.9. The van der Waals surface area contributed by atoms with Crippen molar-refractivity contribution in [3.05, 3.63) is 59.2 Å². The van der Waals surface area contributed by atoms with Gasteiger partial charge in [0.25, 0.3) is 11.8 Å². The van der Waals surface area contributed by atoms with Gasteiger partial charge in [0, 0.05) is 17.9 Å². The summed E-state index contributed by atoms with van der Waals surface area (Å²) in [7, 11) is 0. The number of hydrogen-bond donors (Lipinski definition) is 2. The predicted octanol–water partition coefficient (Wildman–Crippen LogP) is 3.95. The fourth-order valence-corrected chi connectivity index (χ4v) is 2.51. The zero-order chi connectivity index (χ0) is 22.1. The summed E-state index contributed by atoms with van der Waals surface area (Å²) in [5, 5.41) is 4.49. The number of alkyl halides is 3. The largest absolute Gasteiger partial charge is 0.490 e. The molecule has 2 rings (SSSR count). The molecule has 0 saturated heterocycles. The number of anilines is 1. The number of rotatable bonds is 9. The van der Waals surface area contributed by atoms with E-state index in [-0.39, 0.29) is 17.7 Å². The molecule has 2 amide bonds. The monoisotopic (exact) mass is 424 g/mol. The summed E-state index contributed by atoms with van der Waals surface area (Å²) >= 11 is 0. The molecule has 30 heavy (non-hydrogen) atoms. The van der Waals surface area contributed by atoms with Crippen LogP contribution in [0.4, 0.5) is 18.9 Å². The van der Waals surface area contributed by atoms with Crippen LogP contribution in [-0.4, -0.2) is 44.4 Å². The summed E-state index contributed by atoms with van der Waals surface area (Å²) in [4.78, 5) is 24.7. The first-order chi connectivity index (χ1) is 14.2. The Bertz CT molecular complexity index is 885. The van der Waals surface area contributed by atoms with Crippen molar-refractivity contribution in [3.8, 4) is 5.75 Å². The number of hydrogen-bond acceptors (Lipinski definition) is 4. The molecule has 2 aromatic rings. The Kier molecular flexibility index (Phi) is 8.23. The number of para-hydroxylation sites is 1. The number of ether oxygens (including phenoxy) is 2. The van der Waals surface area contributed by atoms with Crippen molar-refractivity contribution in [3.63, 3.8) is 0 Å². The van der Waals surface area contributed by atoms with Crippen molar-refractivity contribution in [2.75, 3.05) is 31.7 Å². The molecule has 0 fully saturated rings. The Morgan fingerprint density at radius 2 is 1.77 bits per heavy atom. The van der Waals surface area contributed by atoms with E-state index in [9.17, 15) is 22.8 Å². The molecule has 0 radical (unpaired) electrons. The van der Waals surface area contributed by atoms with Crippen molar-refractivity contribution in [2.45, 2.75) is 20.0 Å². The minimum Gasteiger partial charge on any atom is -0.490 e. The SMILES string of the molecule is CCOCCOc1ccccc1C(=O)Nc1cc(C(=O)NCC(F)(F)F)ccc1C. The van der Waals surface area contributed by atoms with Gasteiger partial charge in [-0.1, -0.05) is 18.2 Å². The zero-order valence-electron chi connectivity index (χ0n) is 16.6. The van der Waals surface area contributed by atoms with E-state index < -0.39 is 24.5 Å². The zero-order valence-corrected chi connectivity index (χ0v) is 16.6.